The maximum Gasteiger partial charge on any atom is 0.335 e. The van der Waals surface area contributed by atoms with Crippen LogP contribution in [-0.4, -0.2) is 34.4 Å². The Labute approximate surface area is 92.3 Å². The second-order valence-corrected chi connectivity index (χ2v) is 3.42. The minimum absolute atomic E-state index is 0.186. The van der Waals surface area contributed by atoms with E-state index in [2.05, 4.69) is 5.32 Å². The molecule has 82 valence electrons. The number of carbonyl (C=O) groups is 1. The highest BCUT2D eigenvalue weighted by Gasteiger charge is 2.41. The van der Waals surface area contributed by atoms with Crippen LogP contribution in [0.2, 0.25) is 0 Å². The van der Waals surface area contributed by atoms with E-state index in [0.29, 0.717) is 5.69 Å². The van der Waals surface area contributed by atoms with Gasteiger partial charge in [0.1, 0.15) is 0 Å². The number of carboxylic acids is 1. The molecule has 0 bridgehead atoms. The van der Waals surface area contributed by atoms with Gasteiger partial charge in [0.15, 0.2) is 12.5 Å². The second-order valence-electron chi connectivity index (χ2n) is 3.42. The Morgan fingerprint density at radius 3 is 2.94 bits per heavy atom. The number of nitrogens with one attached hydrogen (secondary N) is 1. The number of nitrogens with zero attached hydrogens (tertiary/aromatic N) is 3. The number of hydrazine groups is 1. The van der Waals surface area contributed by atoms with Crippen molar-refractivity contribution in [3.63, 3.8) is 0 Å². The van der Waals surface area contributed by atoms with Gasteiger partial charge in [-0.3, -0.25) is 0 Å². The summed E-state index contributed by atoms with van der Waals surface area (Å²) in [6.07, 6.45) is 1.79. The number of carboxylic acid groups (broad SMARTS) is 1. The topological polar surface area (TPSA) is 79.1 Å². The van der Waals surface area contributed by atoms with Crippen LogP contribution >= 0.6 is 0 Å². The molecule has 0 aromatic heterocycles. The SMILES string of the molecule is CN1C(Nc2cccc(C(=O)O)c2)N1C#N. The van der Waals surface area contributed by atoms with Crippen LogP contribution in [0, 0.1) is 11.5 Å². The van der Waals surface area contributed by atoms with Crippen LogP contribution in [0.1, 0.15) is 10.4 Å². The number of hydrogen-bond donors (Lipinski definition) is 2. The minimum atomic E-state index is -0.968. The van der Waals surface area contributed by atoms with Gasteiger partial charge in [-0.1, -0.05) is 6.07 Å². The van der Waals surface area contributed by atoms with E-state index in [4.69, 9.17) is 10.4 Å². The summed E-state index contributed by atoms with van der Waals surface area (Å²) in [4.78, 5) is 10.7. The molecular weight excluding hydrogens is 208 g/mol. The second kappa shape index (κ2) is 3.72. The van der Waals surface area contributed by atoms with Crippen molar-refractivity contribution in [3.05, 3.63) is 29.8 Å². The van der Waals surface area contributed by atoms with Crippen molar-refractivity contribution in [3.8, 4) is 6.19 Å². The molecule has 1 aliphatic rings. The minimum Gasteiger partial charge on any atom is -0.478 e. The number of hydrogen-bond acceptors (Lipinski definition) is 5. The van der Waals surface area contributed by atoms with Crippen LogP contribution in [0.3, 0.4) is 0 Å². The summed E-state index contributed by atoms with van der Waals surface area (Å²) < 4.78 is 0. The van der Waals surface area contributed by atoms with Gasteiger partial charge in [-0.2, -0.15) is 15.3 Å². The van der Waals surface area contributed by atoms with Crippen LogP contribution in [0.15, 0.2) is 24.3 Å². The molecule has 1 aromatic carbocycles. The maximum absolute atomic E-state index is 10.7. The van der Waals surface area contributed by atoms with Crippen molar-refractivity contribution < 1.29 is 9.90 Å². The van der Waals surface area contributed by atoms with Gasteiger partial charge in [0.25, 0.3) is 0 Å². The van der Waals surface area contributed by atoms with Crippen molar-refractivity contribution in [1.29, 1.82) is 5.26 Å². The van der Waals surface area contributed by atoms with E-state index in [1.54, 1.807) is 24.2 Å². The molecule has 2 unspecified atom stereocenters. The fourth-order valence-corrected chi connectivity index (χ4v) is 1.43. The first kappa shape index (κ1) is 10.3. The summed E-state index contributed by atoms with van der Waals surface area (Å²) in [5, 5.41) is 23.6. The lowest BCUT2D eigenvalue weighted by atomic mass is 10.2. The quantitative estimate of drug-likeness (QED) is 0.575. The lowest BCUT2D eigenvalue weighted by Crippen LogP contribution is -2.10. The molecule has 2 atom stereocenters. The Morgan fingerprint density at radius 1 is 1.62 bits per heavy atom. The zero-order chi connectivity index (χ0) is 11.7. The van der Waals surface area contributed by atoms with Crippen molar-refractivity contribution in [2.24, 2.45) is 0 Å². The van der Waals surface area contributed by atoms with E-state index in [1.165, 1.54) is 17.1 Å². The fourth-order valence-electron chi connectivity index (χ4n) is 1.43. The van der Waals surface area contributed by atoms with Crippen molar-refractivity contribution >= 4 is 11.7 Å². The Balaban J connectivity index is 2.09. The molecule has 1 aliphatic heterocycles. The molecule has 1 heterocycles. The van der Waals surface area contributed by atoms with E-state index in [-0.39, 0.29) is 11.9 Å². The summed E-state index contributed by atoms with van der Waals surface area (Å²) in [6, 6.07) is 6.47. The van der Waals surface area contributed by atoms with Crippen molar-refractivity contribution in [2.75, 3.05) is 12.4 Å². The van der Waals surface area contributed by atoms with Gasteiger partial charge < -0.3 is 10.4 Å². The molecule has 2 rings (SSSR count). The summed E-state index contributed by atoms with van der Waals surface area (Å²) in [7, 11) is 1.77. The van der Waals surface area contributed by atoms with Gasteiger partial charge in [0, 0.05) is 12.7 Å². The summed E-state index contributed by atoms with van der Waals surface area (Å²) >= 11 is 0. The first-order valence-electron chi connectivity index (χ1n) is 4.65. The molecule has 0 aliphatic carbocycles. The predicted molar refractivity (Wildman–Crippen MR) is 56.0 cm³/mol. The van der Waals surface area contributed by atoms with Gasteiger partial charge >= 0.3 is 5.97 Å². The zero-order valence-electron chi connectivity index (χ0n) is 8.58. The molecule has 1 aromatic rings. The van der Waals surface area contributed by atoms with Crippen LogP contribution < -0.4 is 5.32 Å². The zero-order valence-corrected chi connectivity index (χ0v) is 8.58. The summed E-state index contributed by atoms with van der Waals surface area (Å²) in [5.41, 5.74) is 0.895. The van der Waals surface area contributed by atoms with Gasteiger partial charge in [-0.05, 0) is 18.2 Å². The molecule has 1 saturated heterocycles. The van der Waals surface area contributed by atoms with Crippen LogP contribution in [0.5, 0.6) is 0 Å². The highest BCUT2D eigenvalue weighted by atomic mass is 16.4. The Bertz CT molecular complexity index is 468. The van der Waals surface area contributed by atoms with Crippen LogP contribution in [0.25, 0.3) is 0 Å². The van der Waals surface area contributed by atoms with Gasteiger partial charge in [-0.25, -0.2) is 4.79 Å². The monoisotopic (exact) mass is 218 g/mol. The molecular formula is C10H10N4O2. The molecule has 1 fully saturated rings. The highest BCUT2D eigenvalue weighted by molar-refractivity contribution is 5.88. The third-order valence-electron chi connectivity index (χ3n) is 2.38. The van der Waals surface area contributed by atoms with E-state index in [9.17, 15) is 4.79 Å². The molecule has 0 amide bonds. The Morgan fingerprint density at radius 2 is 2.38 bits per heavy atom. The fraction of sp³-hybridized carbons (Fsp3) is 0.200. The molecule has 6 nitrogen and oxygen atoms in total. The van der Waals surface area contributed by atoms with Gasteiger partial charge in [0.05, 0.1) is 5.56 Å². The van der Waals surface area contributed by atoms with Crippen LogP contribution in [-0.2, 0) is 0 Å². The number of nitriles is 1. The standard InChI is InChI=1S/C10H10N4O2/c1-13-10(14(13)6-11)12-8-4-2-3-7(5-8)9(15)16/h2-5,10,12H,1H3,(H,15,16). The predicted octanol–water partition coefficient (Wildman–Crippen LogP) is 0.724. The van der Waals surface area contributed by atoms with Crippen molar-refractivity contribution in [1.82, 2.24) is 10.0 Å². The third kappa shape index (κ3) is 1.76. The molecule has 16 heavy (non-hydrogen) atoms. The number of benzene rings is 1. The summed E-state index contributed by atoms with van der Waals surface area (Å²) in [5.74, 6) is -0.968. The molecule has 2 N–H and O–H groups in total. The first-order valence-corrected chi connectivity index (χ1v) is 4.65. The smallest absolute Gasteiger partial charge is 0.335 e. The van der Waals surface area contributed by atoms with Gasteiger partial charge in [0.2, 0.25) is 0 Å². The maximum atomic E-state index is 10.7. The van der Waals surface area contributed by atoms with Gasteiger partial charge in [-0.15, -0.1) is 0 Å². The highest BCUT2D eigenvalue weighted by Crippen LogP contribution is 2.24. The number of anilines is 1. The number of aromatic carboxylic acids is 1. The van der Waals surface area contributed by atoms with Crippen LogP contribution in [0.4, 0.5) is 5.69 Å². The lowest BCUT2D eigenvalue weighted by molar-refractivity contribution is 0.0697. The van der Waals surface area contributed by atoms with E-state index >= 15 is 0 Å². The Hall–Kier alpha value is -2.26. The molecule has 6 heteroatoms. The molecule has 0 saturated carbocycles. The normalized spacial score (nSPS) is 22.4. The average Bonchev–Trinajstić information content (AvgIpc) is 2.88. The lowest BCUT2D eigenvalue weighted by Gasteiger charge is -2.03. The van der Waals surface area contributed by atoms with E-state index < -0.39 is 5.97 Å². The average molecular weight is 218 g/mol. The third-order valence-corrected chi connectivity index (χ3v) is 2.38. The summed E-state index contributed by atoms with van der Waals surface area (Å²) in [6.45, 7) is 0. The molecule has 0 radical (unpaired) electrons. The van der Waals surface area contributed by atoms with Crippen molar-refractivity contribution in [2.45, 2.75) is 6.29 Å². The molecule has 0 spiro atoms. The van der Waals surface area contributed by atoms with E-state index in [0.717, 1.165) is 0 Å². The Kier molecular flexibility index (Phi) is 2.38. The van der Waals surface area contributed by atoms with E-state index in [1.807, 2.05) is 6.19 Å². The first-order chi connectivity index (χ1) is 7.63. The largest absolute Gasteiger partial charge is 0.478 e. The number of rotatable bonds is 3.